The number of benzene rings is 9. The third-order valence-corrected chi connectivity index (χ3v) is 15.5. The second kappa shape index (κ2) is 19.5. The van der Waals surface area contributed by atoms with Crippen LogP contribution >= 0.6 is 0 Å². The van der Waals surface area contributed by atoms with Crippen LogP contribution in [0.4, 0.5) is 0 Å². The largest absolute Gasteiger partial charge is 0.455 e. The molecule has 0 aliphatic heterocycles. The molecular formula is C74H54N2O. The van der Waals surface area contributed by atoms with Crippen LogP contribution in [0, 0.1) is 0 Å². The first-order valence-corrected chi connectivity index (χ1v) is 26.5. The first kappa shape index (κ1) is 47.0. The van der Waals surface area contributed by atoms with Crippen molar-refractivity contribution in [2.75, 3.05) is 0 Å². The number of rotatable bonds is 11. The second-order valence-corrected chi connectivity index (χ2v) is 19.9. The maximum atomic E-state index is 6.86. The maximum absolute atomic E-state index is 6.86. The number of nitrogens with zero attached hydrogens (tertiary/aromatic N) is 2. The summed E-state index contributed by atoms with van der Waals surface area (Å²) < 4.78 is 6.86. The third kappa shape index (κ3) is 7.90. The molecule has 2 aliphatic carbocycles. The number of furan rings is 1. The Morgan fingerprint density at radius 2 is 1.09 bits per heavy atom. The summed E-state index contributed by atoms with van der Waals surface area (Å²) in [5.74, 6) is 0.652. The second-order valence-electron chi connectivity index (χ2n) is 19.9. The van der Waals surface area contributed by atoms with Gasteiger partial charge in [0.2, 0.25) is 0 Å². The highest BCUT2D eigenvalue weighted by atomic mass is 16.3. The van der Waals surface area contributed by atoms with E-state index in [4.69, 9.17) is 14.4 Å². The Bertz CT molecular complexity index is 4300. The first-order chi connectivity index (χ1) is 38.0. The minimum Gasteiger partial charge on any atom is -0.455 e. The summed E-state index contributed by atoms with van der Waals surface area (Å²) in [5.41, 5.74) is 24.1. The summed E-state index contributed by atoms with van der Waals surface area (Å²) in [4.78, 5) is 11.4. The van der Waals surface area contributed by atoms with Gasteiger partial charge in [-0.3, -0.25) is 0 Å². The lowest BCUT2D eigenvalue weighted by Gasteiger charge is -2.30. The Kier molecular flexibility index (Phi) is 11.9. The van der Waals surface area contributed by atoms with Crippen molar-refractivity contribution < 1.29 is 4.42 Å². The van der Waals surface area contributed by atoms with Crippen molar-refractivity contribution in [3.63, 3.8) is 0 Å². The standard InChI is InChI=1S/C74H54N2O/c1-5-24-50(25-6-2)55-44-56(53-30-15-10-16-31-53)46-57(45-55)68-47-67(48(4)42-54(52-28-13-9-14-29-52)43-49(7-3)51-26-11-8-12-27-51)75-73(76-68)62-35-23-38-65-70(62)60-33-17-20-36-63(60)74(65)64-37-21-18-34-61(64)71-66(74)41-40-59-58-32-19-22-39-69(58)77-72(59)71/h5-47H,1H2,2-4H3/b25-6-,48-42+,49-7+,50-24+,54-43+. The molecule has 0 bridgehead atoms. The molecule has 2 heterocycles. The van der Waals surface area contributed by atoms with Crippen LogP contribution in [0.25, 0.3) is 100 Å². The van der Waals surface area contributed by atoms with Gasteiger partial charge in [0.15, 0.2) is 5.82 Å². The average Bonchev–Trinajstić information content (AvgIpc) is 4.02. The molecule has 0 N–H and O–H groups in total. The molecule has 13 rings (SSSR count). The molecule has 0 amide bonds. The molecule has 1 atom stereocenters. The fourth-order valence-electron chi connectivity index (χ4n) is 12.1. The highest BCUT2D eigenvalue weighted by molar-refractivity contribution is 6.13. The van der Waals surface area contributed by atoms with Crippen LogP contribution in [0.3, 0.4) is 0 Å². The number of hydrogen-bond acceptors (Lipinski definition) is 3. The van der Waals surface area contributed by atoms with Crippen LogP contribution in [0.2, 0.25) is 0 Å². The highest BCUT2D eigenvalue weighted by Crippen LogP contribution is 2.65. The first-order valence-electron chi connectivity index (χ1n) is 26.5. The van der Waals surface area contributed by atoms with Gasteiger partial charge in [-0.25, -0.2) is 9.97 Å². The monoisotopic (exact) mass is 986 g/mol. The molecule has 0 saturated carbocycles. The van der Waals surface area contributed by atoms with Gasteiger partial charge in [-0.05, 0) is 152 Å². The molecule has 0 fully saturated rings. The number of allylic oxidation sites excluding steroid dienone is 11. The van der Waals surface area contributed by atoms with Crippen LogP contribution in [0.1, 0.15) is 65.4 Å². The summed E-state index contributed by atoms with van der Waals surface area (Å²) in [6.45, 7) is 10.4. The van der Waals surface area contributed by atoms with Crippen molar-refractivity contribution in [2.24, 2.45) is 0 Å². The molecule has 366 valence electrons. The topological polar surface area (TPSA) is 38.9 Å². The molecule has 77 heavy (non-hydrogen) atoms. The zero-order chi connectivity index (χ0) is 52.0. The zero-order valence-electron chi connectivity index (χ0n) is 43.3. The van der Waals surface area contributed by atoms with E-state index in [1.165, 1.54) is 33.4 Å². The summed E-state index contributed by atoms with van der Waals surface area (Å²) in [6.07, 6.45) is 14.9. The Hall–Kier alpha value is -9.70. The smallest absolute Gasteiger partial charge is 0.161 e. The molecule has 2 aromatic heterocycles. The normalized spacial score (nSPS) is 15.1. The lowest BCUT2D eigenvalue weighted by Crippen LogP contribution is -2.25. The summed E-state index contributed by atoms with van der Waals surface area (Å²) in [7, 11) is 0. The van der Waals surface area contributed by atoms with Crippen LogP contribution < -0.4 is 0 Å². The predicted octanol–water partition coefficient (Wildman–Crippen LogP) is 19.5. The van der Waals surface area contributed by atoms with E-state index in [9.17, 15) is 0 Å². The SMILES string of the molecule is C=C/C=C(\C=C/C)c1cc(-c2ccccc2)cc(-c2cc(/C(C)=C/C(=C\C(=C/C)c3ccccc3)c3ccccc3)nc(-c3cccc4c3-c3ccccc3C43c4ccccc4-c4c3ccc3c4oc4ccccc43)n2)c1. The number of aromatic nitrogens is 2. The fourth-order valence-corrected chi connectivity index (χ4v) is 12.1. The molecular weight excluding hydrogens is 933 g/mol. The van der Waals surface area contributed by atoms with Crippen LogP contribution in [0.5, 0.6) is 0 Å². The van der Waals surface area contributed by atoms with E-state index in [2.05, 4.69) is 282 Å². The lowest BCUT2D eigenvalue weighted by molar-refractivity contribution is 0.669. The third-order valence-electron chi connectivity index (χ3n) is 15.5. The molecule has 1 unspecified atom stereocenters. The van der Waals surface area contributed by atoms with Gasteiger partial charge in [-0.1, -0.05) is 225 Å². The van der Waals surface area contributed by atoms with Gasteiger partial charge in [0, 0.05) is 27.5 Å². The van der Waals surface area contributed by atoms with Gasteiger partial charge >= 0.3 is 0 Å². The molecule has 2 aliphatic rings. The molecule has 1 spiro atoms. The summed E-state index contributed by atoms with van der Waals surface area (Å²) in [6, 6.07) is 78.5. The fraction of sp³-hybridized carbons (Fsp3) is 0.0541. The highest BCUT2D eigenvalue weighted by Gasteiger charge is 2.53. The van der Waals surface area contributed by atoms with E-state index >= 15 is 0 Å². The van der Waals surface area contributed by atoms with E-state index in [1.54, 1.807) is 0 Å². The molecule has 0 saturated heterocycles. The summed E-state index contributed by atoms with van der Waals surface area (Å²) in [5, 5.41) is 2.24. The van der Waals surface area contributed by atoms with Gasteiger partial charge in [0.05, 0.1) is 16.8 Å². The molecule has 9 aromatic carbocycles. The minimum atomic E-state index is -0.629. The van der Waals surface area contributed by atoms with Crippen molar-refractivity contribution in [3.8, 4) is 56.0 Å². The quantitative estimate of drug-likeness (QED) is 0.121. The van der Waals surface area contributed by atoms with E-state index in [1.807, 2.05) is 6.08 Å². The number of fused-ring (bicyclic) bond motifs is 14. The van der Waals surface area contributed by atoms with Crippen molar-refractivity contribution in [1.82, 2.24) is 9.97 Å². The van der Waals surface area contributed by atoms with Crippen LogP contribution in [0.15, 0.2) is 272 Å². The molecule has 3 nitrogen and oxygen atoms in total. The van der Waals surface area contributed by atoms with Gasteiger partial charge < -0.3 is 4.42 Å². The minimum absolute atomic E-state index is 0.629. The molecule has 3 heteroatoms. The Morgan fingerprint density at radius 3 is 1.81 bits per heavy atom. The van der Waals surface area contributed by atoms with Crippen molar-refractivity contribution >= 4 is 44.2 Å². The number of para-hydroxylation sites is 1. The van der Waals surface area contributed by atoms with Crippen molar-refractivity contribution in [1.29, 1.82) is 0 Å². The van der Waals surface area contributed by atoms with E-state index in [0.29, 0.717) is 5.82 Å². The Morgan fingerprint density at radius 1 is 0.481 bits per heavy atom. The van der Waals surface area contributed by atoms with E-state index < -0.39 is 5.41 Å². The molecule has 0 radical (unpaired) electrons. The van der Waals surface area contributed by atoms with E-state index in [0.717, 1.165) is 106 Å². The summed E-state index contributed by atoms with van der Waals surface area (Å²) >= 11 is 0. The predicted molar refractivity (Wildman–Crippen MR) is 323 cm³/mol. The van der Waals surface area contributed by atoms with Gasteiger partial charge in [0.1, 0.15) is 11.2 Å². The van der Waals surface area contributed by atoms with Gasteiger partial charge in [-0.15, -0.1) is 0 Å². The Labute approximate surface area is 450 Å². The lowest BCUT2D eigenvalue weighted by atomic mass is 9.70. The van der Waals surface area contributed by atoms with Gasteiger partial charge in [0.25, 0.3) is 0 Å². The average molecular weight is 987 g/mol. The van der Waals surface area contributed by atoms with Crippen molar-refractivity contribution in [2.45, 2.75) is 26.2 Å². The Balaban J connectivity index is 1.07. The number of hydrogen-bond donors (Lipinski definition) is 0. The maximum Gasteiger partial charge on any atom is 0.161 e. The van der Waals surface area contributed by atoms with Gasteiger partial charge in [-0.2, -0.15) is 0 Å². The van der Waals surface area contributed by atoms with E-state index in [-0.39, 0.29) is 0 Å². The van der Waals surface area contributed by atoms with Crippen LogP contribution in [-0.2, 0) is 5.41 Å². The zero-order valence-corrected chi connectivity index (χ0v) is 43.3. The van der Waals surface area contributed by atoms with Crippen LogP contribution in [-0.4, -0.2) is 9.97 Å². The van der Waals surface area contributed by atoms with Crippen molar-refractivity contribution in [3.05, 3.63) is 312 Å². The molecule has 11 aromatic rings.